The van der Waals surface area contributed by atoms with Gasteiger partial charge in [0.05, 0.1) is 6.20 Å². The minimum absolute atomic E-state index is 0.0435. The van der Waals surface area contributed by atoms with Crippen molar-refractivity contribution in [2.75, 3.05) is 18.9 Å². The molecule has 0 spiro atoms. The second-order valence-corrected chi connectivity index (χ2v) is 5.96. The third kappa shape index (κ3) is 5.79. The van der Waals surface area contributed by atoms with Gasteiger partial charge in [0, 0.05) is 19.0 Å². The average molecular weight is 316 g/mol. The first-order valence-electron chi connectivity index (χ1n) is 7.76. The Morgan fingerprint density at radius 1 is 1.32 bits per heavy atom. The maximum absolute atomic E-state index is 12.1. The van der Waals surface area contributed by atoms with Crippen molar-refractivity contribution in [3.05, 3.63) is 17.8 Å². The summed E-state index contributed by atoms with van der Waals surface area (Å²) in [7, 11) is 1.99. The molecule has 124 valence electrons. The quantitative estimate of drug-likeness (QED) is 0.759. The molecule has 1 aliphatic rings. The van der Waals surface area contributed by atoms with Crippen molar-refractivity contribution in [1.29, 1.82) is 0 Å². The number of aromatic nitrogens is 2. The summed E-state index contributed by atoms with van der Waals surface area (Å²) < 4.78 is 36.2. The Kier molecular flexibility index (Phi) is 5.99. The molecule has 0 saturated heterocycles. The molecule has 1 aromatic heterocycles. The molecule has 7 heteroatoms. The summed E-state index contributed by atoms with van der Waals surface area (Å²) in [5.74, 6) is 1.20. The first kappa shape index (κ1) is 17.0. The van der Waals surface area contributed by atoms with Crippen LogP contribution < -0.4 is 10.6 Å². The molecule has 0 bridgehead atoms. The molecule has 0 aliphatic heterocycles. The Hall–Kier alpha value is -1.37. The van der Waals surface area contributed by atoms with Crippen molar-refractivity contribution in [3.8, 4) is 0 Å². The van der Waals surface area contributed by atoms with Gasteiger partial charge in [-0.1, -0.05) is 0 Å². The fourth-order valence-corrected chi connectivity index (χ4v) is 2.97. The minimum Gasteiger partial charge on any atom is -0.369 e. The van der Waals surface area contributed by atoms with Crippen molar-refractivity contribution in [2.45, 2.75) is 50.7 Å². The molecule has 2 rings (SSSR count). The molecule has 4 nitrogen and oxygen atoms in total. The molecular formula is C15H23F3N4. The van der Waals surface area contributed by atoms with Crippen LogP contribution in [0, 0.1) is 5.92 Å². The van der Waals surface area contributed by atoms with E-state index < -0.39 is 12.6 Å². The van der Waals surface area contributed by atoms with E-state index in [-0.39, 0.29) is 13.0 Å². The lowest BCUT2D eigenvalue weighted by atomic mass is 9.99. The van der Waals surface area contributed by atoms with E-state index in [0.717, 1.165) is 18.4 Å². The van der Waals surface area contributed by atoms with E-state index in [9.17, 15) is 13.2 Å². The smallest absolute Gasteiger partial charge is 0.369 e. The Balaban J connectivity index is 1.77. The van der Waals surface area contributed by atoms with Crippen molar-refractivity contribution in [2.24, 2.45) is 5.92 Å². The highest BCUT2D eigenvalue weighted by molar-refractivity contribution is 5.35. The van der Waals surface area contributed by atoms with Gasteiger partial charge >= 0.3 is 6.18 Å². The zero-order valence-corrected chi connectivity index (χ0v) is 12.8. The molecule has 1 aliphatic carbocycles. The Bertz CT molecular complexity index is 464. The molecule has 22 heavy (non-hydrogen) atoms. The molecule has 0 radical (unpaired) electrons. The molecule has 2 atom stereocenters. The molecule has 1 saturated carbocycles. The monoisotopic (exact) mass is 316 g/mol. The van der Waals surface area contributed by atoms with Gasteiger partial charge in [0.15, 0.2) is 0 Å². The van der Waals surface area contributed by atoms with Crippen LogP contribution in [0.2, 0.25) is 0 Å². The average Bonchev–Trinajstić information content (AvgIpc) is 2.91. The SMILES string of the molecule is CN[C@H]1CCC(Cc2cnnc(NCCCC(F)(F)F)c2)C1. The Morgan fingerprint density at radius 2 is 2.14 bits per heavy atom. The summed E-state index contributed by atoms with van der Waals surface area (Å²) in [4.78, 5) is 0. The van der Waals surface area contributed by atoms with Gasteiger partial charge in [-0.15, -0.1) is 5.10 Å². The lowest BCUT2D eigenvalue weighted by Crippen LogP contribution is -2.21. The highest BCUT2D eigenvalue weighted by Gasteiger charge is 2.26. The van der Waals surface area contributed by atoms with E-state index in [0.29, 0.717) is 17.8 Å². The van der Waals surface area contributed by atoms with E-state index in [2.05, 4.69) is 20.8 Å². The minimum atomic E-state index is -4.10. The van der Waals surface area contributed by atoms with Gasteiger partial charge in [0.1, 0.15) is 5.82 Å². The molecule has 1 heterocycles. The van der Waals surface area contributed by atoms with Crippen molar-refractivity contribution >= 4 is 5.82 Å². The first-order chi connectivity index (χ1) is 10.5. The second-order valence-electron chi connectivity index (χ2n) is 5.96. The number of anilines is 1. The molecule has 1 unspecified atom stereocenters. The standard InChI is InChI=1S/C15H23F3N4/c1-19-13-4-3-11(8-13)7-12-9-14(22-21-10-12)20-6-2-5-15(16,17)18/h9-11,13,19H,2-8H2,1H3,(H,20,22)/t11?,13-/m0/s1. The van der Waals surface area contributed by atoms with Crippen LogP contribution in [0.3, 0.4) is 0 Å². The fourth-order valence-electron chi connectivity index (χ4n) is 2.97. The van der Waals surface area contributed by atoms with Crippen LogP contribution in [-0.4, -0.2) is 36.0 Å². The van der Waals surface area contributed by atoms with Gasteiger partial charge < -0.3 is 10.6 Å². The van der Waals surface area contributed by atoms with E-state index in [4.69, 9.17) is 0 Å². The van der Waals surface area contributed by atoms with Crippen LogP contribution in [0.15, 0.2) is 12.3 Å². The summed E-state index contributed by atoms with van der Waals surface area (Å²) in [5, 5.41) is 14.1. The normalized spacial score (nSPS) is 22.0. The van der Waals surface area contributed by atoms with Crippen molar-refractivity contribution < 1.29 is 13.2 Å². The fraction of sp³-hybridized carbons (Fsp3) is 0.733. The van der Waals surface area contributed by atoms with Gasteiger partial charge in [-0.05, 0) is 56.7 Å². The summed E-state index contributed by atoms with van der Waals surface area (Å²) >= 11 is 0. The van der Waals surface area contributed by atoms with Crippen molar-refractivity contribution in [1.82, 2.24) is 15.5 Å². The zero-order chi connectivity index (χ0) is 16.0. The number of nitrogens with zero attached hydrogens (tertiary/aromatic N) is 2. The number of rotatable bonds is 7. The maximum atomic E-state index is 12.1. The first-order valence-corrected chi connectivity index (χ1v) is 7.76. The van der Waals surface area contributed by atoms with Crippen LogP contribution in [-0.2, 0) is 6.42 Å². The second kappa shape index (κ2) is 7.76. The molecule has 0 aromatic carbocycles. The third-order valence-corrected chi connectivity index (χ3v) is 4.13. The van der Waals surface area contributed by atoms with Gasteiger partial charge in [-0.25, -0.2) is 0 Å². The van der Waals surface area contributed by atoms with Crippen LogP contribution in [0.25, 0.3) is 0 Å². The molecule has 2 N–H and O–H groups in total. The lowest BCUT2D eigenvalue weighted by molar-refractivity contribution is -0.134. The van der Waals surface area contributed by atoms with E-state index in [1.165, 1.54) is 12.8 Å². The number of hydrogen-bond donors (Lipinski definition) is 2. The number of halogens is 3. The highest BCUT2D eigenvalue weighted by Crippen LogP contribution is 2.28. The predicted octanol–water partition coefficient (Wildman–Crippen LogP) is 3.16. The third-order valence-electron chi connectivity index (χ3n) is 4.13. The number of alkyl halides is 3. The molecule has 1 fully saturated rings. The largest absolute Gasteiger partial charge is 0.389 e. The summed E-state index contributed by atoms with van der Waals surface area (Å²) in [6.45, 7) is 0.253. The van der Waals surface area contributed by atoms with Crippen LogP contribution in [0.1, 0.15) is 37.7 Å². The Labute approximate surface area is 128 Å². The van der Waals surface area contributed by atoms with Crippen LogP contribution in [0.4, 0.5) is 19.0 Å². The summed E-state index contributed by atoms with van der Waals surface area (Å²) in [6, 6.07) is 2.49. The van der Waals surface area contributed by atoms with E-state index >= 15 is 0 Å². The molecule has 0 amide bonds. The van der Waals surface area contributed by atoms with Gasteiger partial charge in [-0.2, -0.15) is 18.3 Å². The Morgan fingerprint density at radius 3 is 2.82 bits per heavy atom. The van der Waals surface area contributed by atoms with Gasteiger partial charge in [0.2, 0.25) is 0 Å². The molecule has 1 aromatic rings. The van der Waals surface area contributed by atoms with E-state index in [1.54, 1.807) is 6.20 Å². The highest BCUT2D eigenvalue weighted by atomic mass is 19.4. The van der Waals surface area contributed by atoms with Gasteiger partial charge in [-0.3, -0.25) is 0 Å². The number of nitrogens with one attached hydrogen (secondary N) is 2. The van der Waals surface area contributed by atoms with Crippen LogP contribution in [0.5, 0.6) is 0 Å². The maximum Gasteiger partial charge on any atom is 0.389 e. The topological polar surface area (TPSA) is 49.8 Å². The summed E-state index contributed by atoms with van der Waals surface area (Å²) in [6.07, 6.45) is 1.42. The van der Waals surface area contributed by atoms with E-state index in [1.807, 2.05) is 13.1 Å². The summed E-state index contributed by atoms with van der Waals surface area (Å²) in [5.41, 5.74) is 1.09. The predicted molar refractivity (Wildman–Crippen MR) is 79.7 cm³/mol. The van der Waals surface area contributed by atoms with Gasteiger partial charge in [0.25, 0.3) is 0 Å². The lowest BCUT2D eigenvalue weighted by Gasteiger charge is -2.12. The van der Waals surface area contributed by atoms with Crippen molar-refractivity contribution in [3.63, 3.8) is 0 Å². The number of hydrogen-bond acceptors (Lipinski definition) is 4. The van der Waals surface area contributed by atoms with Crippen LogP contribution >= 0.6 is 0 Å². The molecular weight excluding hydrogens is 293 g/mol. The zero-order valence-electron chi connectivity index (χ0n) is 12.8.